The highest BCUT2D eigenvalue weighted by Crippen LogP contribution is 2.14. The van der Waals surface area contributed by atoms with Gasteiger partial charge >= 0.3 is 5.69 Å². The van der Waals surface area contributed by atoms with Crippen molar-refractivity contribution in [3.8, 4) is 0 Å². The van der Waals surface area contributed by atoms with Crippen molar-refractivity contribution in [3.63, 3.8) is 0 Å². The van der Waals surface area contributed by atoms with Crippen LogP contribution in [0.1, 0.15) is 22.2 Å². The highest BCUT2D eigenvalue weighted by Gasteiger charge is 2.17. The molecule has 2 heterocycles. The fourth-order valence-corrected chi connectivity index (χ4v) is 4.22. The second-order valence-corrected chi connectivity index (χ2v) is 8.83. The first-order chi connectivity index (χ1) is 14.2. The molecule has 3 N–H and O–H groups in total. The number of nitrogens with zero attached hydrogens (tertiary/aromatic N) is 1. The smallest absolute Gasteiger partial charge is 0.322 e. The zero-order chi connectivity index (χ0) is 21.9. The minimum absolute atomic E-state index is 0.0304. The quantitative estimate of drug-likeness (QED) is 0.506. The van der Waals surface area contributed by atoms with Crippen LogP contribution in [0.3, 0.4) is 0 Å². The molecule has 0 saturated carbocycles. The largest absolute Gasteiger partial charge is 0.328 e. The molecule has 3 rings (SSSR count). The van der Waals surface area contributed by atoms with E-state index in [2.05, 4.69) is 10.3 Å². The molecule has 30 heavy (non-hydrogen) atoms. The maximum atomic E-state index is 12.6. The lowest BCUT2D eigenvalue weighted by atomic mass is 10.2. The van der Waals surface area contributed by atoms with Gasteiger partial charge in [-0.1, -0.05) is 6.07 Å². The lowest BCUT2D eigenvalue weighted by molar-refractivity contribution is -0.117. The molecule has 0 spiro atoms. The zero-order valence-electron chi connectivity index (χ0n) is 15.5. The van der Waals surface area contributed by atoms with Crippen molar-refractivity contribution in [3.05, 3.63) is 79.3 Å². The molecule has 10 nitrogen and oxygen atoms in total. The predicted molar refractivity (Wildman–Crippen MR) is 110 cm³/mol. The Morgan fingerprint density at radius 2 is 1.83 bits per heavy atom. The number of sulfonamides is 1. The molecule has 0 aliphatic heterocycles. The van der Waals surface area contributed by atoms with Gasteiger partial charge in [-0.2, -0.15) is 0 Å². The maximum absolute atomic E-state index is 12.6. The fourth-order valence-electron chi connectivity index (χ4n) is 2.54. The monoisotopic (exact) mass is 448 g/mol. The second kappa shape index (κ2) is 8.47. The zero-order valence-corrected chi connectivity index (χ0v) is 17.2. The number of rotatable bonds is 6. The van der Waals surface area contributed by atoms with Crippen molar-refractivity contribution in [2.45, 2.75) is 18.4 Å². The summed E-state index contributed by atoms with van der Waals surface area (Å²) < 4.78 is 26.6. The van der Waals surface area contributed by atoms with Gasteiger partial charge in [0.1, 0.15) is 5.56 Å². The fraction of sp³-hybridized carbons (Fsp3) is 0.111. The van der Waals surface area contributed by atoms with Crippen LogP contribution in [0.15, 0.2) is 62.5 Å². The Kier molecular flexibility index (Phi) is 5.99. The van der Waals surface area contributed by atoms with E-state index in [4.69, 9.17) is 0 Å². The Balaban J connectivity index is 1.82. The number of aromatic amines is 1. The number of hydrogen-bond donors (Lipinski definition) is 3. The minimum atomic E-state index is -4.00. The molecule has 3 aromatic rings. The first kappa shape index (κ1) is 21.2. The van der Waals surface area contributed by atoms with Crippen molar-refractivity contribution in [1.29, 1.82) is 0 Å². The average Bonchev–Trinajstić information content (AvgIpc) is 3.17. The Morgan fingerprint density at radius 3 is 2.43 bits per heavy atom. The molecule has 0 atom stereocenters. The lowest BCUT2D eigenvalue weighted by Gasteiger charge is -2.09. The third-order valence-electron chi connectivity index (χ3n) is 3.90. The highest BCUT2D eigenvalue weighted by atomic mass is 32.2. The van der Waals surface area contributed by atoms with Gasteiger partial charge in [-0.05, 0) is 35.7 Å². The van der Waals surface area contributed by atoms with Crippen LogP contribution in [-0.4, -0.2) is 29.8 Å². The highest BCUT2D eigenvalue weighted by molar-refractivity contribution is 7.90. The normalized spacial score (nSPS) is 11.1. The molecule has 0 bridgehead atoms. The van der Waals surface area contributed by atoms with E-state index < -0.39 is 33.1 Å². The van der Waals surface area contributed by atoms with Gasteiger partial charge in [0, 0.05) is 23.7 Å². The van der Waals surface area contributed by atoms with Crippen LogP contribution < -0.4 is 21.3 Å². The number of anilines is 1. The number of thiophene rings is 1. The molecular formula is C18H16N4O6S2. The summed E-state index contributed by atoms with van der Waals surface area (Å²) in [6.45, 7) is 1.10. The summed E-state index contributed by atoms with van der Waals surface area (Å²) in [4.78, 5) is 51.1. The number of H-pyrrole nitrogens is 1. The van der Waals surface area contributed by atoms with Gasteiger partial charge in [-0.15, -0.1) is 11.3 Å². The molecule has 2 aromatic heterocycles. The minimum Gasteiger partial charge on any atom is -0.322 e. The van der Waals surface area contributed by atoms with Crippen molar-refractivity contribution in [2.24, 2.45) is 0 Å². The van der Waals surface area contributed by atoms with E-state index in [1.54, 1.807) is 17.5 Å². The molecule has 0 aliphatic rings. The summed E-state index contributed by atoms with van der Waals surface area (Å²) >= 11 is 1.37. The van der Waals surface area contributed by atoms with Crippen LogP contribution in [0.2, 0.25) is 0 Å². The molecule has 0 saturated heterocycles. The number of amides is 2. The van der Waals surface area contributed by atoms with E-state index >= 15 is 0 Å². The Morgan fingerprint density at radius 1 is 1.13 bits per heavy atom. The first-order valence-corrected chi connectivity index (χ1v) is 10.8. The van der Waals surface area contributed by atoms with Crippen molar-refractivity contribution in [1.82, 2.24) is 14.3 Å². The van der Waals surface area contributed by atoms with E-state index in [0.717, 1.165) is 22.6 Å². The van der Waals surface area contributed by atoms with Crippen LogP contribution in [0, 0.1) is 0 Å². The number of benzene rings is 1. The molecule has 0 fully saturated rings. The molecule has 2 amide bonds. The molecular weight excluding hydrogens is 432 g/mol. The number of carbonyl (C=O) groups is 2. The SMILES string of the molecule is CC(=O)NS(=O)(=O)c1ccc(NC(=O)c2c[nH]c(=O)n(Cc3cccs3)c2=O)cc1. The van der Waals surface area contributed by atoms with Gasteiger partial charge in [-0.25, -0.2) is 17.9 Å². The van der Waals surface area contributed by atoms with Crippen LogP contribution in [0.4, 0.5) is 5.69 Å². The molecule has 156 valence electrons. The third kappa shape index (κ3) is 4.72. The van der Waals surface area contributed by atoms with Gasteiger partial charge in [0.2, 0.25) is 5.91 Å². The lowest BCUT2D eigenvalue weighted by Crippen LogP contribution is -2.39. The van der Waals surface area contributed by atoms with Crippen LogP contribution >= 0.6 is 11.3 Å². The Hall–Kier alpha value is -3.51. The van der Waals surface area contributed by atoms with E-state index in [1.807, 2.05) is 4.72 Å². The Labute approximate surface area is 174 Å². The summed E-state index contributed by atoms with van der Waals surface area (Å²) in [6.07, 6.45) is 1.03. The van der Waals surface area contributed by atoms with E-state index in [1.165, 1.54) is 35.6 Å². The van der Waals surface area contributed by atoms with Crippen LogP contribution in [0.5, 0.6) is 0 Å². The maximum Gasteiger partial charge on any atom is 0.328 e. The average molecular weight is 448 g/mol. The molecule has 0 radical (unpaired) electrons. The first-order valence-electron chi connectivity index (χ1n) is 8.47. The number of nitrogens with one attached hydrogen (secondary N) is 3. The van der Waals surface area contributed by atoms with Gasteiger partial charge in [0.15, 0.2) is 0 Å². The number of carbonyl (C=O) groups excluding carboxylic acids is 2. The van der Waals surface area contributed by atoms with Gasteiger partial charge < -0.3 is 10.3 Å². The number of aromatic nitrogens is 2. The molecule has 0 aliphatic carbocycles. The van der Waals surface area contributed by atoms with Crippen molar-refractivity contribution in [2.75, 3.05) is 5.32 Å². The third-order valence-corrected chi connectivity index (χ3v) is 6.21. The second-order valence-electron chi connectivity index (χ2n) is 6.12. The van der Waals surface area contributed by atoms with Crippen molar-refractivity contribution >= 4 is 38.9 Å². The molecule has 0 unspecified atom stereocenters. The number of hydrogen-bond acceptors (Lipinski definition) is 7. The van der Waals surface area contributed by atoms with Gasteiger partial charge in [-0.3, -0.25) is 19.0 Å². The summed E-state index contributed by atoms with van der Waals surface area (Å²) in [7, 11) is -4.00. The van der Waals surface area contributed by atoms with E-state index in [-0.39, 0.29) is 22.7 Å². The standard InChI is InChI=1S/C18H16N4O6S2/c1-11(23)21-30(27,28)14-6-4-12(5-7-14)20-16(24)15-9-19-18(26)22(17(15)25)10-13-3-2-8-29-13/h2-9H,10H2,1H3,(H,19,26)(H,20,24)(H,21,23). The van der Waals surface area contributed by atoms with Crippen molar-refractivity contribution < 1.29 is 18.0 Å². The summed E-state index contributed by atoms with van der Waals surface area (Å²) in [5, 5.41) is 4.28. The summed E-state index contributed by atoms with van der Waals surface area (Å²) in [5.74, 6) is -1.50. The van der Waals surface area contributed by atoms with Gasteiger partial charge in [0.25, 0.3) is 21.5 Å². The molecule has 12 heteroatoms. The van der Waals surface area contributed by atoms with E-state index in [9.17, 15) is 27.6 Å². The summed E-state index contributed by atoms with van der Waals surface area (Å²) in [6, 6.07) is 8.56. The van der Waals surface area contributed by atoms with E-state index in [0.29, 0.717) is 0 Å². The Bertz CT molecular complexity index is 1310. The topological polar surface area (TPSA) is 147 Å². The summed E-state index contributed by atoms with van der Waals surface area (Å²) in [5.41, 5.74) is -1.45. The van der Waals surface area contributed by atoms with Gasteiger partial charge in [0.05, 0.1) is 11.4 Å². The van der Waals surface area contributed by atoms with Crippen LogP contribution in [0.25, 0.3) is 0 Å². The van der Waals surface area contributed by atoms with Crippen LogP contribution in [-0.2, 0) is 21.4 Å². The molecule has 1 aromatic carbocycles. The predicted octanol–water partition coefficient (Wildman–Crippen LogP) is 0.723.